The van der Waals surface area contributed by atoms with Gasteiger partial charge in [-0.1, -0.05) is 12.2 Å². The zero-order chi connectivity index (χ0) is 22.7. The Kier molecular flexibility index (Phi) is 10.8. The van der Waals surface area contributed by atoms with E-state index in [1.807, 2.05) is 0 Å². The Morgan fingerprint density at radius 3 is 2.13 bits per heavy atom. The van der Waals surface area contributed by atoms with Crippen molar-refractivity contribution in [3.63, 3.8) is 0 Å². The van der Waals surface area contributed by atoms with Crippen molar-refractivity contribution < 1.29 is 42.9 Å². The first-order valence-electron chi connectivity index (χ1n) is 9.45. The Bertz CT molecular complexity index is 648. The summed E-state index contributed by atoms with van der Waals surface area (Å²) in [6, 6.07) is -0.996. The Balaban J connectivity index is 3.26. The lowest BCUT2D eigenvalue weighted by molar-refractivity contribution is -0.275. The fourth-order valence-electron chi connectivity index (χ4n) is 2.85. The average Bonchev–Trinajstić information content (AvgIpc) is 2.66. The van der Waals surface area contributed by atoms with Gasteiger partial charge in [-0.2, -0.15) is 0 Å². The first-order chi connectivity index (χ1) is 14.2. The lowest BCUT2D eigenvalue weighted by Crippen LogP contribution is -2.66. The van der Waals surface area contributed by atoms with E-state index in [4.69, 9.17) is 23.7 Å². The quantitative estimate of drug-likeness (QED) is 0.289. The van der Waals surface area contributed by atoms with E-state index in [2.05, 4.69) is 18.5 Å². The monoisotopic (exact) mass is 427 g/mol. The van der Waals surface area contributed by atoms with Crippen LogP contribution in [0.5, 0.6) is 0 Å². The van der Waals surface area contributed by atoms with Crippen molar-refractivity contribution >= 4 is 23.8 Å². The largest absolute Gasteiger partial charge is 0.463 e. The van der Waals surface area contributed by atoms with Crippen LogP contribution in [-0.2, 0) is 42.9 Å². The number of nitrogens with one attached hydrogen (secondary N) is 1. The molecule has 0 aromatic heterocycles. The second kappa shape index (κ2) is 12.8. The van der Waals surface area contributed by atoms with Crippen LogP contribution >= 0.6 is 0 Å². The zero-order valence-electron chi connectivity index (χ0n) is 17.5. The number of rotatable bonds is 11. The van der Waals surface area contributed by atoms with Gasteiger partial charge < -0.3 is 29.0 Å². The lowest BCUT2D eigenvalue weighted by Gasteiger charge is -2.45. The molecule has 1 saturated heterocycles. The van der Waals surface area contributed by atoms with Crippen LogP contribution in [-0.4, -0.2) is 67.7 Å². The van der Waals surface area contributed by atoms with Crippen LogP contribution < -0.4 is 5.32 Å². The molecule has 168 valence electrons. The van der Waals surface area contributed by atoms with Gasteiger partial charge in [0.05, 0.1) is 6.61 Å². The third-order valence-corrected chi connectivity index (χ3v) is 3.98. The van der Waals surface area contributed by atoms with Gasteiger partial charge in [0.2, 0.25) is 5.91 Å². The van der Waals surface area contributed by atoms with E-state index in [1.165, 1.54) is 26.8 Å². The fraction of sp³-hybridized carbons (Fsp3) is 0.600. The van der Waals surface area contributed by atoms with Crippen LogP contribution in [0.25, 0.3) is 0 Å². The molecule has 5 atom stereocenters. The minimum Gasteiger partial charge on any atom is -0.463 e. The normalized spacial score (nSPS) is 25.5. The van der Waals surface area contributed by atoms with Crippen molar-refractivity contribution in [3.8, 4) is 0 Å². The van der Waals surface area contributed by atoms with Gasteiger partial charge >= 0.3 is 17.9 Å². The average molecular weight is 427 g/mol. The van der Waals surface area contributed by atoms with Gasteiger partial charge in [0.25, 0.3) is 0 Å². The van der Waals surface area contributed by atoms with E-state index in [-0.39, 0.29) is 25.5 Å². The van der Waals surface area contributed by atoms with E-state index in [1.54, 1.807) is 6.08 Å². The highest BCUT2D eigenvalue weighted by molar-refractivity contribution is 5.76. The van der Waals surface area contributed by atoms with E-state index < -0.39 is 48.6 Å². The van der Waals surface area contributed by atoms with Crippen molar-refractivity contribution in [2.75, 3.05) is 13.2 Å². The summed E-state index contributed by atoms with van der Waals surface area (Å²) in [7, 11) is 0. The summed E-state index contributed by atoms with van der Waals surface area (Å²) in [6.07, 6.45) is -0.773. The summed E-state index contributed by atoms with van der Waals surface area (Å²) >= 11 is 0. The molecule has 0 spiro atoms. The highest BCUT2D eigenvalue weighted by Gasteiger charge is 2.51. The Morgan fingerprint density at radius 2 is 1.60 bits per heavy atom. The molecule has 1 heterocycles. The van der Waals surface area contributed by atoms with Crippen molar-refractivity contribution in [2.45, 2.75) is 64.3 Å². The first-order valence-corrected chi connectivity index (χ1v) is 9.45. The highest BCUT2D eigenvalue weighted by atomic mass is 16.7. The summed E-state index contributed by atoms with van der Waals surface area (Å²) in [5.41, 5.74) is 0. The SMILES string of the molecule is C=CCCC(=O)N[C@H]1[C@H](OCC=C)O[C@H](COC(C)=O)[C@@H](OC(C)=O)[C@@H]1OC(C)=O. The molecule has 10 heteroatoms. The van der Waals surface area contributed by atoms with Crippen LogP contribution in [0.4, 0.5) is 0 Å². The first kappa shape index (κ1) is 25.3. The number of hydrogen-bond acceptors (Lipinski definition) is 9. The number of carbonyl (C=O) groups is 4. The van der Waals surface area contributed by atoms with Gasteiger partial charge in [0, 0.05) is 27.2 Å². The van der Waals surface area contributed by atoms with Crippen molar-refractivity contribution in [3.05, 3.63) is 25.3 Å². The standard InChI is InChI=1S/C20H29NO9/c1-6-8-9-16(25)21-17-19(29-14(5)24)18(28-13(4)23)15(11-27-12(3)22)30-20(17)26-10-7-2/h6-7,15,17-20H,1-2,8-11H2,3-5H3,(H,21,25)/t15-,17-,18-,19-,20-/m1/s1. The Morgan fingerprint density at radius 1 is 0.967 bits per heavy atom. The maximum absolute atomic E-state index is 12.3. The molecule has 1 aliphatic heterocycles. The molecule has 10 nitrogen and oxygen atoms in total. The number of ether oxygens (including phenoxy) is 5. The summed E-state index contributed by atoms with van der Waals surface area (Å²) in [5.74, 6) is -2.28. The lowest BCUT2D eigenvalue weighted by atomic mass is 9.95. The predicted molar refractivity (Wildman–Crippen MR) is 104 cm³/mol. The maximum atomic E-state index is 12.3. The molecule has 0 aromatic carbocycles. The van der Waals surface area contributed by atoms with E-state index in [0.29, 0.717) is 6.42 Å². The predicted octanol–water partition coefficient (Wildman–Crippen LogP) is 0.791. The maximum Gasteiger partial charge on any atom is 0.303 e. The molecule has 1 fully saturated rings. The molecule has 1 N–H and O–H groups in total. The minimum atomic E-state index is -1.15. The van der Waals surface area contributed by atoms with E-state index in [9.17, 15) is 19.2 Å². The smallest absolute Gasteiger partial charge is 0.303 e. The number of amides is 1. The number of allylic oxidation sites excluding steroid dienone is 1. The number of hydrogen-bond donors (Lipinski definition) is 1. The van der Waals surface area contributed by atoms with Gasteiger partial charge in [-0.25, -0.2) is 0 Å². The van der Waals surface area contributed by atoms with Gasteiger partial charge in [-0.3, -0.25) is 19.2 Å². The summed E-state index contributed by atoms with van der Waals surface area (Å²) in [6.45, 7) is 10.5. The molecule has 0 saturated carbocycles. The van der Waals surface area contributed by atoms with Crippen LogP contribution in [0.2, 0.25) is 0 Å². The second-order valence-electron chi connectivity index (χ2n) is 6.54. The summed E-state index contributed by atoms with van der Waals surface area (Å²) in [5, 5.41) is 2.71. The molecule has 0 radical (unpaired) electrons. The number of carbonyl (C=O) groups excluding carboxylic acids is 4. The topological polar surface area (TPSA) is 126 Å². The molecule has 0 aliphatic carbocycles. The van der Waals surface area contributed by atoms with E-state index in [0.717, 1.165) is 0 Å². The summed E-state index contributed by atoms with van der Waals surface area (Å²) < 4.78 is 27.1. The van der Waals surface area contributed by atoms with Crippen LogP contribution in [0.15, 0.2) is 25.3 Å². The van der Waals surface area contributed by atoms with Crippen molar-refractivity contribution in [1.29, 1.82) is 0 Å². The molecule has 0 unspecified atom stereocenters. The third kappa shape index (κ3) is 8.34. The molecule has 1 amide bonds. The van der Waals surface area contributed by atoms with Gasteiger partial charge in [-0.15, -0.1) is 13.2 Å². The van der Waals surface area contributed by atoms with Gasteiger partial charge in [0.1, 0.15) is 18.8 Å². The van der Waals surface area contributed by atoms with Gasteiger partial charge in [0.15, 0.2) is 18.5 Å². The fourth-order valence-corrected chi connectivity index (χ4v) is 2.85. The second-order valence-corrected chi connectivity index (χ2v) is 6.54. The summed E-state index contributed by atoms with van der Waals surface area (Å²) in [4.78, 5) is 47.0. The Labute approximate surface area is 175 Å². The van der Waals surface area contributed by atoms with E-state index >= 15 is 0 Å². The highest BCUT2D eigenvalue weighted by Crippen LogP contribution is 2.28. The van der Waals surface area contributed by atoms with Crippen LogP contribution in [0.3, 0.4) is 0 Å². The molecular weight excluding hydrogens is 398 g/mol. The molecule has 0 aromatic rings. The zero-order valence-corrected chi connectivity index (χ0v) is 17.5. The van der Waals surface area contributed by atoms with Crippen molar-refractivity contribution in [1.82, 2.24) is 5.32 Å². The molecule has 0 bridgehead atoms. The molecule has 1 rings (SSSR count). The number of esters is 3. The molecule has 30 heavy (non-hydrogen) atoms. The molecular formula is C20H29NO9. The van der Waals surface area contributed by atoms with Crippen LogP contribution in [0.1, 0.15) is 33.6 Å². The van der Waals surface area contributed by atoms with Crippen molar-refractivity contribution in [2.24, 2.45) is 0 Å². The van der Waals surface area contributed by atoms with Crippen LogP contribution in [0, 0.1) is 0 Å². The minimum absolute atomic E-state index is 0.0645. The third-order valence-electron chi connectivity index (χ3n) is 3.98. The molecule has 1 aliphatic rings. The Hall–Kier alpha value is -2.72. The van der Waals surface area contributed by atoms with Gasteiger partial charge in [-0.05, 0) is 6.42 Å².